The van der Waals surface area contributed by atoms with E-state index in [1.165, 1.54) is 0 Å². The van der Waals surface area contributed by atoms with Crippen LogP contribution in [0.5, 0.6) is 0 Å². The molecule has 0 saturated carbocycles. The summed E-state index contributed by atoms with van der Waals surface area (Å²) < 4.78 is 0. The number of amides is 3. The van der Waals surface area contributed by atoms with E-state index in [2.05, 4.69) is 10.6 Å². The van der Waals surface area contributed by atoms with Crippen LogP contribution in [0.25, 0.3) is 0 Å². The Labute approximate surface area is 141 Å². The first-order chi connectivity index (χ1) is 11.3. The fourth-order valence-electron chi connectivity index (χ4n) is 3.19. The van der Waals surface area contributed by atoms with E-state index in [4.69, 9.17) is 0 Å². The van der Waals surface area contributed by atoms with Gasteiger partial charge < -0.3 is 10.6 Å². The van der Waals surface area contributed by atoms with Gasteiger partial charge in [-0.25, -0.2) is 0 Å². The number of hydrogen-bond acceptors (Lipinski definition) is 4. The van der Waals surface area contributed by atoms with E-state index in [0.29, 0.717) is 24.5 Å². The van der Waals surface area contributed by atoms with Crippen LogP contribution in [-0.2, 0) is 14.4 Å². The molecule has 0 spiro atoms. The summed E-state index contributed by atoms with van der Waals surface area (Å²) in [7, 11) is 0. The molecule has 1 atom stereocenters. The van der Waals surface area contributed by atoms with Gasteiger partial charge in [0, 0.05) is 13.1 Å². The molecule has 7 heteroatoms. The van der Waals surface area contributed by atoms with Gasteiger partial charge in [-0.05, 0) is 32.9 Å². The number of hydrogen-bond donors (Lipinski definition) is 2. The van der Waals surface area contributed by atoms with Crippen molar-refractivity contribution in [1.82, 2.24) is 10.2 Å². The van der Waals surface area contributed by atoms with E-state index < -0.39 is 5.54 Å². The van der Waals surface area contributed by atoms with Crippen LogP contribution in [0.15, 0.2) is 24.3 Å². The molecule has 0 radical (unpaired) electrons. The summed E-state index contributed by atoms with van der Waals surface area (Å²) in [4.78, 5) is 40.6. The molecule has 1 aromatic rings. The summed E-state index contributed by atoms with van der Waals surface area (Å²) in [5.41, 5.74) is 0.313. The Balaban J connectivity index is 1.90. The molecule has 1 saturated heterocycles. The quantitative estimate of drug-likeness (QED) is 0.831. The number of nitrogens with zero attached hydrogens (tertiary/aromatic N) is 2. The third-order valence-corrected chi connectivity index (χ3v) is 4.72. The van der Waals surface area contributed by atoms with Gasteiger partial charge in [0.05, 0.1) is 24.0 Å². The minimum Gasteiger partial charge on any atom is -0.353 e. The standard InChI is InChI=1S/C17H22N4O3/c1-11-15(23)18-8-9-20(11)10-14(22)21-13-7-5-4-6-12(13)19-16(24)17(21,2)3/h4-7,11H,8-10H2,1-3H3,(H,18,23)(H,19,24). The molecule has 7 nitrogen and oxygen atoms in total. The molecule has 1 aromatic carbocycles. The summed E-state index contributed by atoms with van der Waals surface area (Å²) in [6.45, 7) is 6.46. The zero-order chi connectivity index (χ0) is 17.5. The van der Waals surface area contributed by atoms with E-state index in [-0.39, 0.29) is 30.3 Å². The lowest BCUT2D eigenvalue weighted by atomic mass is 9.96. The summed E-state index contributed by atoms with van der Waals surface area (Å²) in [6, 6.07) is 6.89. The first-order valence-corrected chi connectivity index (χ1v) is 8.07. The zero-order valence-electron chi connectivity index (χ0n) is 14.1. The van der Waals surface area contributed by atoms with Gasteiger partial charge in [0.1, 0.15) is 5.54 Å². The highest BCUT2D eigenvalue weighted by Gasteiger charge is 2.44. The van der Waals surface area contributed by atoms with E-state index in [0.717, 1.165) is 0 Å². The van der Waals surface area contributed by atoms with Gasteiger partial charge in [-0.1, -0.05) is 12.1 Å². The van der Waals surface area contributed by atoms with E-state index in [1.807, 2.05) is 23.1 Å². The first-order valence-electron chi connectivity index (χ1n) is 8.07. The second-order valence-corrected chi connectivity index (χ2v) is 6.70. The molecule has 2 heterocycles. The highest BCUT2D eigenvalue weighted by molar-refractivity contribution is 6.14. The zero-order valence-corrected chi connectivity index (χ0v) is 14.1. The van der Waals surface area contributed by atoms with Gasteiger partial charge >= 0.3 is 0 Å². The number of carbonyl (C=O) groups is 3. The normalized spacial score (nSPS) is 23.3. The molecule has 0 aromatic heterocycles. The maximum atomic E-state index is 13.0. The van der Waals surface area contributed by atoms with Gasteiger partial charge in [-0.2, -0.15) is 0 Å². The molecule has 24 heavy (non-hydrogen) atoms. The largest absolute Gasteiger partial charge is 0.353 e. The van der Waals surface area contributed by atoms with Crippen LogP contribution < -0.4 is 15.5 Å². The summed E-state index contributed by atoms with van der Waals surface area (Å²) in [5.74, 6) is -0.493. The number of anilines is 2. The van der Waals surface area contributed by atoms with Gasteiger partial charge in [0.2, 0.25) is 17.7 Å². The minimum absolute atomic E-state index is 0.0786. The molecule has 0 aliphatic carbocycles. The smallest absolute Gasteiger partial charge is 0.250 e. The van der Waals surface area contributed by atoms with E-state index >= 15 is 0 Å². The molecule has 2 aliphatic rings. The number of carbonyl (C=O) groups excluding carboxylic acids is 3. The Morgan fingerprint density at radius 2 is 2.00 bits per heavy atom. The van der Waals surface area contributed by atoms with Crippen molar-refractivity contribution in [3.63, 3.8) is 0 Å². The topological polar surface area (TPSA) is 81.8 Å². The molecule has 128 valence electrons. The monoisotopic (exact) mass is 330 g/mol. The number of para-hydroxylation sites is 2. The van der Waals surface area contributed by atoms with Crippen LogP contribution in [-0.4, -0.2) is 53.8 Å². The van der Waals surface area contributed by atoms with Gasteiger partial charge in [0.25, 0.3) is 0 Å². The highest BCUT2D eigenvalue weighted by atomic mass is 16.2. The second-order valence-electron chi connectivity index (χ2n) is 6.70. The van der Waals surface area contributed by atoms with Crippen molar-refractivity contribution >= 4 is 29.1 Å². The van der Waals surface area contributed by atoms with Crippen molar-refractivity contribution in [2.75, 3.05) is 29.9 Å². The minimum atomic E-state index is -0.993. The molecular weight excluding hydrogens is 308 g/mol. The van der Waals surface area contributed by atoms with Crippen molar-refractivity contribution in [3.05, 3.63) is 24.3 Å². The number of fused-ring (bicyclic) bond motifs is 1. The van der Waals surface area contributed by atoms with Crippen LogP contribution in [0.4, 0.5) is 11.4 Å². The number of nitrogens with one attached hydrogen (secondary N) is 2. The molecule has 2 N–H and O–H groups in total. The fraction of sp³-hybridized carbons (Fsp3) is 0.471. The summed E-state index contributed by atoms with van der Waals surface area (Å²) in [5, 5.41) is 5.63. The van der Waals surface area contributed by atoms with Crippen LogP contribution >= 0.6 is 0 Å². The van der Waals surface area contributed by atoms with Gasteiger partial charge in [0.15, 0.2) is 0 Å². The Kier molecular flexibility index (Phi) is 4.04. The van der Waals surface area contributed by atoms with Crippen LogP contribution in [0.2, 0.25) is 0 Å². The third-order valence-electron chi connectivity index (χ3n) is 4.72. The van der Waals surface area contributed by atoms with E-state index in [9.17, 15) is 14.4 Å². The molecule has 2 aliphatic heterocycles. The number of benzene rings is 1. The van der Waals surface area contributed by atoms with Crippen LogP contribution in [0, 0.1) is 0 Å². The maximum Gasteiger partial charge on any atom is 0.250 e. The van der Waals surface area contributed by atoms with Gasteiger partial charge in [-0.15, -0.1) is 0 Å². The highest BCUT2D eigenvalue weighted by Crippen LogP contribution is 2.36. The van der Waals surface area contributed by atoms with Crippen molar-refractivity contribution in [2.45, 2.75) is 32.4 Å². The molecule has 3 amide bonds. The molecule has 1 fully saturated rings. The average Bonchev–Trinajstić information content (AvgIpc) is 2.52. The summed E-state index contributed by atoms with van der Waals surface area (Å²) in [6.07, 6.45) is 0. The Hall–Kier alpha value is -2.41. The Morgan fingerprint density at radius 1 is 1.29 bits per heavy atom. The van der Waals surface area contributed by atoms with Crippen LogP contribution in [0.1, 0.15) is 20.8 Å². The SMILES string of the molecule is CC1C(=O)NCCN1CC(=O)N1c2ccccc2NC(=O)C1(C)C. The molecular formula is C17H22N4O3. The molecule has 3 rings (SSSR count). The number of piperazine rings is 1. The lowest BCUT2D eigenvalue weighted by molar-refractivity contribution is -0.132. The average molecular weight is 330 g/mol. The first kappa shape index (κ1) is 16.4. The lowest BCUT2D eigenvalue weighted by Gasteiger charge is -2.43. The second kappa shape index (κ2) is 5.90. The Bertz CT molecular complexity index is 701. The van der Waals surface area contributed by atoms with Crippen molar-refractivity contribution in [3.8, 4) is 0 Å². The molecule has 0 bridgehead atoms. The van der Waals surface area contributed by atoms with E-state index in [1.54, 1.807) is 31.7 Å². The third kappa shape index (κ3) is 2.65. The van der Waals surface area contributed by atoms with Crippen LogP contribution in [0.3, 0.4) is 0 Å². The fourth-order valence-corrected chi connectivity index (χ4v) is 3.19. The number of rotatable bonds is 2. The molecule has 1 unspecified atom stereocenters. The maximum absolute atomic E-state index is 13.0. The predicted molar refractivity (Wildman–Crippen MR) is 90.7 cm³/mol. The lowest BCUT2D eigenvalue weighted by Crippen LogP contribution is -2.62. The Morgan fingerprint density at radius 3 is 2.75 bits per heavy atom. The summed E-state index contributed by atoms with van der Waals surface area (Å²) >= 11 is 0. The van der Waals surface area contributed by atoms with Crippen molar-refractivity contribution in [2.24, 2.45) is 0 Å². The van der Waals surface area contributed by atoms with Crippen molar-refractivity contribution < 1.29 is 14.4 Å². The predicted octanol–water partition coefficient (Wildman–Crippen LogP) is 0.571. The van der Waals surface area contributed by atoms with Gasteiger partial charge in [-0.3, -0.25) is 24.2 Å². The van der Waals surface area contributed by atoms with Crippen molar-refractivity contribution in [1.29, 1.82) is 0 Å².